The lowest BCUT2D eigenvalue weighted by Gasteiger charge is -2.42. The third-order valence-corrected chi connectivity index (χ3v) is 15.2. The van der Waals surface area contributed by atoms with Gasteiger partial charge >= 0.3 is 5.97 Å². The highest BCUT2D eigenvalue weighted by Gasteiger charge is 2.47. The zero-order valence-electron chi connectivity index (χ0n) is 48.3. The number of hydrogen-bond donors (Lipinski definition) is 7. The molecule has 11 unspecified atom stereocenters. The molecule has 0 radical (unpaired) electrons. The van der Waals surface area contributed by atoms with Crippen molar-refractivity contribution in [1.29, 1.82) is 0 Å². The summed E-state index contributed by atoms with van der Waals surface area (Å²) in [6.07, 6.45) is 41.0. The van der Waals surface area contributed by atoms with E-state index in [2.05, 4.69) is 38.2 Å². The Labute approximate surface area is 462 Å². The SMILES string of the molecule is CCCCCC/C=C\C/C=C\CCCCCCCCCCOCC(COC1OC(COC2OC(CO)C(O)C(O)C2O)C(O)C(O)C1O)OC(=O)CCCCCCCCCCCCCCCCCCCCCCCCC. The normalized spacial score (nSPS) is 24.5. The third kappa shape index (κ3) is 35.3. The standard InChI is InChI=1S/C62H116O14/c1-3-5-7-9-11-13-15-17-19-21-23-24-25-26-27-29-31-33-35-37-39-41-43-45-54(64)74-51(48-71-46-44-42-40-38-36-34-32-30-28-22-20-18-16-14-12-10-8-6-4-2)49-72-61-60(70)58(68)56(66)53(76-61)50-73-62-59(69)57(67)55(65)52(47-63)75-62/h14,16,20,22,51-53,55-63,65-70H,3-13,15,17-19,21,23-50H2,1-2H3/b16-14-,22-20-. The lowest BCUT2D eigenvalue weighted by molar-refractivity contribution is -0.332. The summed E-state index contributed by atoms with van der Waals surface area (Å²) in [5.74, 6) is -0.372. The molecule has 11 atom stereocenters. The van der Waals surface area contributed by atoms with E-state index in [0.29, 0.717) is 13.0 Å². The predicted molar refractivity (Wildman–Crippen MR) is 303 cm³/mol. The van der Waals surface area contributed by atoms with E-state index in [-0.39, 0.29) is 25.6 Å². The number of allylic oxidation sites excluding steroid dienone is 4. The summed E-state index contributed by atoms with van der Waals surface area (Å²) >= 11 is 0. The number of aliphatic hydroxyl groups excluding tert-OH is 7. The van der Waals surface area contributed by atoms with Crippen LogP contribution in [0.1, 0.15) is 264 Å². The Hall–Kier alpha value is -1.53. The molecule has 14 heteroatoms. The van der Waals surface area contributed by atoms with Crippen LogP contribution in [-0.2, 0) is 33.2 Å². The van der Waals surface area contributed by atoms with E-state index in [9.17, 15) is 40.5 Å². The van der Waals surface area contributed by atoms with Crippen LogP contribution in [-0.4, -0.2) is 142 Å². The molecule has 0 aromatic rings. The van der Waals surface area contributed by atoms with E-state index in [4.69, 9.17) is 28.4 Å². The largest absolute Gasteiger partial charge is 0.457 e. The molecule has 0 bridgehead atoms. The molecule has 2 heterocycles. The highest BCUT2D eigenvalue weighted by molar-refractivity contribution is 5.69. The summed E-state index contributed by atoms with van der Waals surface area (Å²) in [5, 5.41) is 72.4. The van der Waals surface area contributed by atoms with Gasteiger partial charge < -0.3 is 64.2 Å². The molecule has 0 saturated carbocycles. The van der Waals surface area contributed by atoms with Crippen LogP contribution in [0.4, 0.5) is 0 Å². The van der Waals surface area contributed by atoms with Gasteiger partial charge in [0.2, 0.25) is 0 Å². The Kier molecular flexibility index (Phi) is 45.8. The van der Waals surface area contributed by atoms with Gasteiger partial charge in [0.25, 0.3) is 0 Å². The van der Waals surface area contributed by atoms with Gasteiger partial charge in [-0.3, -0.25) is 4.79 Å². The minimum absolute atomic E-state index is 0.0621. The maximum atomic E-state index is 13.1. The van der Waals surface area contributed by atoms with Crippen LogP contribution < -0.4 is 0 Å². The Morgan fingerprint density at radius 3 is 1.28 bits per heavy atom. The Balaban J connectivity index is 1.68. The van der Waals surface area contributed by atoms with Crippen LogP contribution in [0.2, 0.25) is 0 Å². The second-order valence-electron chi connectivity index (χ2n) is 22.2. The molecule has 0 aromatic carbocycles. The maximum absolute atomic E-state index is 13.1. The number of ether oxygens (including phenoxy) is 6. The van der Waals surface area contributed by atoms with Gasteiger partial charge in [-0.1, -0.05) is 237 Å². The molecule has 2 aliphatic rings. The predicted octanol–water partition coefficient (Wildman–Crippen LogP) is 11.9. The summed E-state index contributed by atoms with van der Waals surface area (Å²) < 4.78 is 34.5. The smallest absolute Gasteiger partial charge is 0.306 e. The van der Waals surface area contributed by atoms with Gasteiger partial charge in [-0.2, -0.15) is 0 Å². The quantitative estimate of drug-likeness (QED) is 0.0172. The van der Waals surface area contributed by atoms with Crippen molar-refractivity contribution >= 4 is 5.97 Å². The number of carbonyl (C=O) groups excluding carboxylic acids is 1. The molecular weight excluding hydrogens is 969 g/mol. The van der Waals surface area contributed by atoms with Crippen molar-refractivity contribution < 1.29 is 69.0 Å². The number of rotatable bonds is 52. The number of aliphatic hydroxyl groups is 7. The Morgan fingerprint density at radius 2 is 0.816 bits per heavy atom. The zero-order valence-corrected chi connectivity index (χ0v) is 48.3. The first-order valence-electron chi connectivity index (χ1n) is 31.4. The molecule has 0 spiro atoms. The van der Waals surface area contributed by atoms with Crippen LogP contribution in [0, 0.1) is 0 Å². The maximum Gasteiger partial charge on any atom is 0.306 e. The molecule has 2 fully saturated rings. The molecule has 2 aliphatic heterocycles. The van der Waals surface area contributed by atoms with Gasteiger partial charge in [-0.15, -0.1) is 0 Å². The molecule has 0 amide bonds. The molecule has 76 heavy (non-hydrogen) atoms. The third-order valence-electron chi connectivity index (χ3n) is 15.2. The minimum Gasteiger partial charge on any atom is -0.457 e. The molecule has 14 nitrogen and oxygen atoms in total. The van der Waals surface area contributed by atoms with E-state index in [1.54, 1.807) is 0 Å². The van der Waals surface area contributed by atoms with E-state index in [1.807, 2.05) is 0 Å². The lowest BCUT2D eigenvalue weighted by Crippen LogP contribution is -2.61. The highest BCUT2D eigenvalue weighted by Crippen LogP contribution is 2.27. The average Bonchev–Trinajstić information content (AvgIpc) is 3.42. The fraction of sp³-hybridized carbons (Fsp3) is 0.919. The average molecular weight is 1090 g/mol. The molecule has 7 N–H and O–H groups in total. The van der Waals surface area contributed by atoms with Crippen LogP contribution in [0.25, 0.3) is 0 Å². The van der Waals surface area contributed by atoms with Crippen LogP contribution in [0.5, 0.6) is 0 Å². The molecular formula is C62H116O14. The van der Waals surface area contributed by atoms with Crippen molar-refractivity contribution in [2.24, 2.45) is 0 Å². The fourth-order valence-electron chi connectivity index (χ4n) is 10.1. The van der Waals surface area contributed by atoms with Gasteiger partial charge in [0.1, 0.15) is 54.9 Å². The molecule has 448 valence electrons. The van der Waals surface area contributed by atoms with Crippen LogP contribution >= 0.6 is 0 Å². The van der Waals surface area contributed by atoms with Gasteiger partial charge in [0.05, 0.1) is 26.4 Å². The van der Waals surface area contributed by atoms with E-state index in [0.717, 1.165) is 51.4 Å². The summed E-state index contributed by atoms with van der Waals surface area (Å²) in [4.78, 5) is 13.1. The zero-order chi connectivity index (χ0) is 55.1. The Morgan fingerprint density at radius 1 is 0.434 bits per heavy atom. The Bertz CT molecular complexity index is 1350. The highest BCUT2D eigenvalue weighted by atomic mass is 16.7. The summed E-state index contributed by atoms with van der Waals surface area (Å²) in [5.41, 5.74) is 0. The number of esters is 1. The van der Waals surface area contributed by atoms with E-state index in [1.165, 1.54) is 186 Å². The van der Waals surface area contributed by atoms with Crippen molar-refractivity contribution in [2.75, 3.05) is 33.0 Å². The van der Waals surface area contributed by atoms with Crippen molar-refractivity contribution in [3.8, 4) is 0 Å². The second kappa shape index (κ2) is 49.3. The van der Waals surface area contributed by atoms with Crippen LogP contribution in [0.15, 0.2) is 24.3 Å². The first kappa shape index (κ1) is 70.6. The molecule has 0 aliphatic carbocycles. The lowest BCUT2D eigenvalue weighted by atomic mass is 9.98. The second-order valence-corrected chi connectivity index (χ2v) is 22.2. The summed E-state index contributed by atoms with van der Waals surface area (Å²) in [6, 6.07) is 0. The number of unbranched alkanes of at least 4 members (excludes halogenated alkanes) is 34. The van der Waals surface area contributed by atoms with Crippen molar-refractivity contribution in [2.45, 2.75) is 332 Å². The van der Waals surface area contributed by atoms with E-state index >= 15 is 0 Å². The van der Waals surface area contributed by atoms with Crippen molar-refractivity contribution in [1.82, 2.24) is 0 Å². The van der Waals surface area contributed by atoms with Crippen LogP contribution in [0.3, 0.4) is 0 Å². The van der Waals surface area contributed by atoms with Crippen molar-refractivity contribution in [3.63, 3.8) is 0 Å². The van der Waals surface area contributed by atoms with E-state index < -0.39 is 80.7 Å². The molecule has 2 rings (SSSR count). The monoisotopic (exact) mass is 1080 g/mol. The summed E-state index contributed by atoms with van der Waals surface area (Å²) in [6.45, 7) is 3.72. The first-order chi connectivity index (χ1) is 37.1. The minimum atomic E-state index is -1.71. The van der Waals surface area contributed by atoms with Crippen molar-refractivity contribution in [3.05, 3.63) is 24.3 Å². The first-order valence-corrected chi connectivity index (χ1v) is 31.4. The van der Waals surface area contributed by atoms with Gasteiger partial charge in [0, 0.05) is 13.0 Å². The number of carbonyl (C=O) groups is 1. The topological polar surface area (TPSA) is 214 Å². The molecule has 0 aromatic heterocycles. The summed E-state index contributed by atoms with van der Waals surface area (Å²) in [7, 11) is 0. The van der Waals surface area contributed by atoms with Gasteiger partial charge in [0.15, 0.2) is 12.6 Å². The van der Waals surface area contributed by atoms with Gasteiger partial charge in [-0.25, -0.2) is 0 Å². The fourth-order valence-corrected chi connectivity index (χ4v) is 10.1. The molecule has 2 saturated heterocycles. The number of hydrogen-bond acceptors (Lipinski definition) is 14. The van der Waals surface area contributed by atoms with Gasteiger partial charge in [-0.05, 0) is 44.9 Å².